The summed E-state index contributed by atoms with van der Waals surface area (Å²) >= 11 is 5.82. The Labute approximate surface area is 232 Å². The number of amides is 2. The number of aryl methyl sites for hydroxylation is 2. The maximum absolute atomic E-state index is 14.7. The number of rotatable bonds is 7. The zero-order valence-electron chi connectivity index (χ0n) is 21.5. The quantitative estimate of drug-likeness (QED) is 0.315. The van der Waals surface area contributed by atoms with Gasteiger partial charge in [-0.1, -0.05) is 17.7 Å². The highest BCUT2D eigenvalue weighted by molar-refractivity contribution is 6.31. The molecule has 0 atom stereocenters. The van der Waals surface area contributed by atoms with Crippen molar-refractivity contribution in [1.29, 1.82) is 0 Å². The third-order valence-electron chi connectivity index (χ3n) is 6.46. The summed E-state index contributed by atoms with van der Waals surface area (Å²) in [6, 6.07) is 3.98. The van der Waals surface area contributed by atoms with Crippen LogP contribution in [0.3, 0.4) is 0 Å². The number of carbonyl (C=O) groups excluding carboxylic acids is 2. The van der Waals surface area contributed by atoms with Crippen LogP contribution < -0.4 is 10.2 Å². The predicted molar refractivity (Wildman–Crippen MR) is 142 cm³/mol. The Hall–Kier alpha value is -4.32. The molecule has 0 saturated carbocycles. The van der Waals surface area contributed by atoms with Crippen molar-refractivity contribution in [3.8, 4) is 11.3 Å². The first-order valence-electron chi connectivity index (χ1n) is 12.3. The van der Waals surface area contributed by atoms with Gasteiger partial charge in [0.15, 0.2) is 5.82 Å². The standard InChI is InChI=1S/C27H23ClF3N7O2/c1-14-8-16(9-33-26(14)38-7-3-4-21(38)39)12-37-13-17(10-34-37)35-27(40)24-15(2)32-11-20(36-24)22-18(25(30)31)5-6-19(28)23(22)29/h5-6,8-11,13,25H,3-4,7,12H2,1-2H3,(H,35,40). The second-order valence-electron chi connectivity index (χ2n) is 9.33. The molecule has 4 aromatic rings. The highest BCUT2D eigenvalue weighted by Gasteiger charge is 2.25. The second kappa shape index (κ2) is 11.0. The zero-order valence-corrected chi connectivity index (χ0v) is 22.2. The summed E-state index contributed by atoms with van der Waals surface area (Å²) < 4.78 is 43.5. The Kier molecular flexibility index (Phi) is 7.53. The number of anilines is 2. The van der Waals surface area contributed by atoms with Gasteiger partial charge in [0.25, 0.3) is 12.3 Å². The van der Waals surface area contributed by atoms with Gasteiger partial charge >= 0.3 is 0 Å². The largest absolute Gasteiger partial charge is 0.318 e. The van der Waals surface area contributed by atoms with E-state index in [-0.39, 0.29) is 28.0 Å². The van der Waals surface area contributed by atoms with Crippen LogP contribution in [-0.4, -0.2) is 43.1 Å². The number of nitrogens with one attached hydrogen (secondary N) is 1. The Balaban J connectivity index is 1.33. The molecule has 0 aliphatic carbocycles. The van der Waals surface area contributed by atoms with Crippen LogP contribution in [-0.2, 0) is 11.3 Å². The topological polar surface area (TPSA) is 106 Å². The first-order valence-corrected chi connectivity index (χ1v) is 12.7. The van der Waals surface area contributed by atoms with E-state index in [0.717, 1.165) is 35.9 Å². The summed E-state index contributed by atoms with van der Waals surface area (Å²) in [5, 5.41) is 6.57. The lowest BCUT2D eigenvalue weighted by atomic mass is 10.0. The highest BCUT2D eigenvalue weighted by atomic mass is 35.5. The molecule has 5 rings (SSSR count). The SMILES string of the molecule is Cc1cc(Cn2cc(NC(=O)c3nc(-c4c(C(F)F)ccc(Cl)c4F)cnc3C)cn2)cnc1N1CCCC1=O. The van der Waals surface area contributed by atoms with Gasteiger partial charge in [-0.3, -0.25) is 24.2 Å². The van der Waals surface area contributed by atoms with Crippen LogP contribution >= 0.6 is 11.6 Å². The summed E-state index contributed by atoms with van der Waals surface area (Å²) in [7, 11) is 0. The maximum Gasteiger partial charge on any atom is 0.276 e. The van der Waals surface area contributed by atoms with Gasteiger partial charge in [-0.2, -0.15) is 5.10 Å². The number of pyridine rings is 1. The maximum atomic E-state index is 14.7. The van der Waals surface area contributed by atoms with Crippen molar-refractivity contribution in [2.45, 2.75) is 39.7 Å². The van der Waals surface area contributed by atoms with Crippen molar-refractivity contribution < 1.29 is 22.8 Å². The molecule has 4 heterocycles. The number of aromatic nitrogens is 5. The molecule has 2 amide bonds. The molecule has 1 aliphatic heterocycles. The van der Waals surface area contributed by atoms with Crippen LogP contribution in [0.25, 0.3) is 11.3 Å². The Morgan fingerprint density at radius 3 is 2.67 bits per heavy atom. The molecule has 1 aliphatic rings. The van der Waals surface area contributed by atoms with Crippen LogP contribution in [0.1, 0.15) is 52.1 Å². The Bertz CT molecular complexity index is 1630. The fourth-order valence-corrected chi connectivity index (χ4v) is 4.71. The van der Waals surface area contributed by atoms with Gasteiger partial charge in [-0.15, -0.1) is 0 Å². The number of carbonyl (C=O) groups is 2. The number of hydrogen-bond donors (Lipinski definition) is 1. The molecule has 1 aromatic carbocycles. The van der Waals surface area contributed by atoms with Gasteiger partial charge in [-0.05, 0) is 43.5 Å². The van der Waals surface area contributed by atoms with Crippen LogP contribution in [0.5, 0.6) is 0 Å². The highest BCUT2D eigenvalue weighted by Crippen LogP contribution is 2.35. The summed E-state index contributed by atoms with van der Waals surface area (Å²) in [6.07, 6.45) is 4.18. The van der Waals surface area contributed by atoms with E-state index in [0.29, 0.717) is 31.0 Å². The molecule has 9 nitrogen and oxygen atoms in total. The van der Waals surface area contributed by atoms with Crippen LogP contribution in [0.2, 0.25) is 5.02 Å². The van der Waals surface area contributed by atoms with Gasteiger partial charge in [0.05, 0.1) is 41.0 Å². The average molecular weight is 570 g/mol. The van der Waals surface area contributed by atoms with Gasteiger partial charge in [0, 0.05) is 36.5 Å². The van der Waals surface area contributed by atoms with Crippen molar-refractivity contribution in [3.05, 3.63) is 81.9 Å². The lowest BCUT2D eigenvalue weighted by Gasteiger charge is -2.17. The van der Waals surface area contributed by atoms with Crippen molar-refractivity contribution in [3.63, 3.8) is 0 Å². The molecule has 3 aromatic heterocycles. The van der Waals surface area contributed by atoms with Crippen LogP contribution in [0.4, 0.5) is 24.7 Å². The van der Waals surface area contributed by atoms with E-state index in [2.05, 4.69) is 25.4 Å². The summed E-state index contributed by atoms with van der Waals surface area (Å²) in [5.41, 5.74) is 0.740. The zero-order chi connectivity index (χ0) is 28.6. The second-order valence-corrected chi connectivity index (χ2v) is 9.74. The minimum Gasteiger partial charge on any atom is -0.318 e. The minimum atomic E-state index is -2.99. The number of alkyl halides is 2. The normalized spacial score (nSPS) is 13.4. The van der Waals surface area contributed by atoms with E-state index in [1.54, 1.807) is 22.0 Å². The van der Waals surface area contributed by atoms with E-state index >= 15 is 0 Å². The first-order chi connectivity index (χ1) is 19.1. The lowest BCUT2D eigenvalue weighted by molar-refractivity contribution is -0.117. The van der Waals surface area contributed by atoms with Gasteiger partial charge in [-0.25, -0.2) is 23.1 Å². The minimum absolute atomic E-state index is 0.0634. The van der Waals surface area contributed by atoms with Crippen molar-refractivity contribution in [2.24, 2.45) is 0 Å². The molecule has 206 valence electrons. The third-order valence-corrected chi connectivity index (χ3v) is 6.75. The fraction of sp³-hybridized carbons (Fsp3) is 0.259. The third kappa shape index (κ3) is 5.39. The fourth-order valence-electron chi connectivity index (χ4n) is 4.55. The van der Waals surface area contributed by atoms with Crippen LogP contribution in [0.15, 0.2) is 43.0 Å². The van der Waals surface area contributed by atoms with Gasteiger partial charge in [0.1, 0.15) is 11.5 Å². The Morgan fingerprint density at radius 2 is 1.98 bits per heavy atom. The van der Waals surface area contributed by atoms with Crippen molar-refractivity contribution in [1.82, 2.24) is 24.7 Å². The molecular formula is C27H23ClF3N7O2. The molecule has 1 saturated heterocycles. The van der Waals surface area contributed by atoms with E-state index < -0.39 is 29.3 Å². The summed E-state index contributed by atoms with van der Waals surface area (Å²) in [5.74, 6) is -1.04. The molecule has 0 radical (unpaired) electrons. The number of halogens is 4. The molecule has 1 N–H and O–H groups in total. The number of benzene rings is 1. The predicted octanol–water partition coefficient (Wildman–Crippen LogP) is 5.51. The van der Waals surface area contributed by atoms with E-state index in [1.165, 1.54) is 13.1 Å². The molecule has 0 unspecified atom stereocenters. The van der Waals surface area contributed by atoms with E-state index in [9.17, 15) is 22.8 Å². The van der Waals surface area contributed by atoms with Gasteiger partial charge < -0.3 is 5.32 Å². The lowest BCUT2D eigenvalue weighted by Crippen LogP contribution is -2.25. The molecule has 13 heteroatoms. The molecular weight excluding hydrogens is 547 g/mol. The monoisotopic (exact) mass is 569 g/mol. The van der Waals surface area contributed by atoms with Crippen LogP contribution in [0, 0.1) is 19.7 Å². The molecule has 0 spiro atoms. The first kappa shape index (κ1) is 27.3. The van der Waals surface area contributed by atoms with E-state index in [1.807, 2.05) is 13.0 Å². The summed E-state index contributed by atoms with van der Waals surface area (Å²) in [6.45, 7) is 4.43. The molecule has 40 heavy (non-hydrogen) atoms. The van der Waals surface area contributed by atoms with Crippen molar-refractivity contribution >= 4 is 34.9 Å². The summed E-state index contributed by atoms with van der Waals surface area (Å²) in [4.78, 5) is 39.5. The average Bonchev–Trinajstić information content (AvgIpc) is 3.54. The van der Waals surface area contributed by atoms with E-state index in [4.69, 9.17) is 11.6 Å². The number of nitrogens with zero attached hydrogens (tertiary/aromatic N) is 6. The smallest absolute Gasteiger partial charge is 0.276 e. The molecule has 0 bridgehead atoms. The van der Waals surface area contributed by atoms with Gasteiger partial charge in [0.2, 0.25) is 5.91 Å². The number of hydrogen-bond acceptors (Lipinski definition) is 6. The molecule has 1 fully saturated rings. The Morgan fingerprint density at radius 1 is 1.18 bits per heavy atom. The van der Waals surface area contributed by atoms with Crippen molar-refractivity contribution in [2.75, 3.05) is 16.8 Å².